The molecule has 58 heavy (non-hydrogen) atoms. The quantitative estimate of drug-likeness (QED) is 0.166. The summed E-state index contributed by atoms with van der Waals surface area (Å²) < 4.78 is 10.9. The molecule has 2 saturated heterocycles. The van der Waals surface area contributed by atoms with Crippen LogP contribution in [-0.4, -0.2) is 98.3 Å². The van der Waals surface area contributed by atoms with Crippen molar-refractivity contribution in [2.45, 2.75) is 128 Å². The summed E-state index contributed by atoms with van der Waals surface area (Å²) in [5, 5.41) is 3.71. The maximum absolute atomic E-state index is 13.9. The molecule has 2 atom stereocenters. The summed E-state index contributed by atoms with van der Waals surface area (Å²) in [7, 11) is 3.22. The van der Waals surface area contributed by atoms with Gasteiger partial charge in [0.15, 0.2) is 11.5 Å². The van der Waals surface area contributed by atoms with Gasteiger partial charge in [-0.05, 0) is 108 Å². The van der Waals surface area contributed by atoms with Crippen molar-refractivity contribution in [3.05, 3.63) is 107 Å². The molecule has 1 N–H and O–H groups in total. The highest BCUT2D eigenvalue weighted by Crippen LogP contribution is 2.32. The molecule has 2 aliphatic heterocycles. The molecule has 2 heterocycles. The number of amides is 1. The highest BCUT2D eigenvalue weighted by Gasteiger charge is 2.34. The van der Waals surface area contributed by atoms with Crippen molar-refractivity contribution in [1.29, 1.82) is 0 Å². The van der Waals surface area contributed by atoms with E-state index in [1.807, 2.05) is 35.2 Å². The smallest absolute Gasteiger partial charge is 0.254 e. The van der Waals surface area contributed by atoms with E-state index in [0.717, 1.165) is 50.2 Å². The summed E-state index contributed by atoms with van der Waals surface area (Å²) in [6.45, 7) is 10.4. The van der Waals surface area contributed by atoms with Crippen LogP contribution in [0, 0.1) is 0 Å². The Morgan fingerprint density at radius 2 is 1.19 bits per heavy atom. The number of nitrogens with one attached hydrogen (secondary N) is 1. The number of carbonyl (C=O) groups excluding carboxylic acids is 1. The third kappa shape index (κ3) is 12.8. The second-order valence-corrected chi connectivity index (χ2v) is 17.3. The van der Waals surface area contributed by atoms with E-state index >= 15 is 0 Å². The van der Waals surface area contributed by atoms with Crippen molar-refractivity contribution in [2.75, 3.05) is 53.5 Å². The van der Waals surface area contributed by atoms with E-state index in [2.05, 4.69) is 83.6 Å². The average Bonchev–Trinajstić information content (AvgIpc) is 3.94. The predicted octanol–water partition coefficient (Wildman–Crippen LogP) is 10.5. The number of rotatable bonds is 15. The standard InChI is InChI=1S/C30H40N2O3.C21H32N2/c1-23(19-24-11-6-4-7-12-24)21-31(30(33)25-16-17-28(34-2)29(20-25)35-3)22-27-15-10-18-32(27)26-13-8-5-9-14-26;1-18(15-19-9-4-2-5-10-19)16-22-17-21-13-8-14-23(21)20-11-6-3-7-12-20/h4,6-7,11-12,16-17,19-20,26-27H,5,8-10,13-15,18,21-22H2,1-3H3;2,4-5,9-10,15,20-22H,3,6-8,11-14,16-17H2,1H3/b23-19+;18-15+/t27-;21-/m00/s1. The third-order valence-corrected chi connectivity index (χ3v) is 12.9. The van der Waals surface area contributed by atoms with Gasteiger partial charge in [-0.15, -0.1) is 0 Å². The topological polar surface area (TPSA) is 57.3 Å². The first-order valence-corrected chi connectivity index (χ1v) is 22.6. The molecule has 7 rings (SSSR count). The maximum Gasteiger partial charge on any atom is 0.254 e. The Balaban J connectivity index is 0.000000213. The Morgan fingerprint density at radius 1 is 0.655 bits per heavy atom. The van der Waals surface area contributed by atoms with Gasteiger partial charge in [-0.3, -0.25) is 14.6 Å². The fourth-order valence-electron chi connectivity index (χ4n) is 10.0. The van der Waals surface area contributed by atoms with Gasteiger partial charge >= 0.3 is 0 Å². The van der Waals surface area contributed by atoms with Crippen LogP contribution in [0.2, 0.25) is 0 Å². The van der Waals surface area contributed by atoms with E-state index < -0.39 is 0 Å². The zero-order valence-electron chi connectivity index (χ0n) is 36.2. The summed E-state index contributed by atoms with van der Waals surface area (Å²) in [6, 6.07) is 29.2. The molecule has 1 amide bonds. The number of nitrogens with zero attached hydrogens (tertiary/aromatic N) is 3. The van der Waals surface area contributed by atoms with Crippen molar-refractivity contribution in [2.24, 2.45) is 0 Å². The molecule has 7 nitrogen and oxygen atoms in total. The number of carbonyl (C=O) groups is 1. The zero-order chi connectivity index (χ0) is 40.5. The van der Waals surface area contributed by atoms with Crippen LogP contribution in [0.3, 0.4) is 0 Å². The Hall–Kier alpha value is -3.91. The number of hydrogen-bond acceptors (Lipinski definition) is 6. The van der Waals surface area contributed by atoms with Gasteiger partial charge in [0, 0.05) is 55.9 Å². The van der Waals surface area contributed by atoms with Gasteiger partial charge in [-0.1, -0.05) is 122 Å². The fourth-order valence-corrected chi connectivity index (χ4v) is 10.0. The number of benzene rings is 3. The monoisotopic (exact) mass is 789 g/mol. The van der Waals surface area contributed by atoms with Gasteiger partial charge in [-0.25, -0.2) is 0 Å². The molecule has 0 unspecified atom stereocenters. The zero-order valence-corrected chi connectivity index (χ0v) is 36.2. The third-order valence-electron chi connectivity index (χ3n) is 12.9. The SMILES string of the molecule is C/C(=C\c1ccccc1)CNC[C@@H]1CCCN1C1CCCCC1.COc1ccc(C(=O)N(C/C(C)=C/c2ccccc2)C[C@@H]2CCCN2C2CCCCC2)cc1OC. The van der Waals surface area contributed by atoms with Gasteiger partial charge in [-0.2, -0.15) is 0 Å². The molecule has 0 aromatic heterocycles. The molecule has 0 spiro atoms. The van der Waals surface area contributed by atoms with Crippen LogP contribution in [0.15, 0.2) is 90.0 Å². The summed E-state index contributed by atoms with van der Waals surface area (Å²) in [5.41, 5.74) is 5.69. The van der Waals surface area contributed by atoms with E-state index in [1.165, 1.54) is 107 Å². The molecular weight excluding hydrogens is 717 g/mol. The van der Waals surface area contributed by atoms with E-state index in [1.54, 1.807) is 20.3 Å². The minimum atomic E-state index is 0.0438. The summed E-state index contributed by atoms with van der Waals surface area (Å²) in [6.07, 6.45) is 23.5. The molecule has 4 aliphatic rings. The fraction of sp³-hybridized carbons (Fsp3) is 0.549. The number of ether oxygens (including phenoxy) is 2. The van der Waals surface area contributed by atoms with Crippen molar-refractivity contribution in [1.82, 2.24) is 20.0 Å². The van der Waals surface area contributed by atoms with Gasteiger partial charge < -0.3 is 19.7 Å². The van der Waals surface area contributed by atoms with Crippen LogP contribution < -0.4 is 14.8 Å². The lowest BCUT2D eigenvalue weighted by Crippen LogP contribution is -2.47. The largest absolute Gasteiger partial charge is 0.493 e. The molecule has 0 radical (unpaired) electrons. The molecule has 2 aliphatic carbocycles. The second-order valence-electron chi connectivity index (χ2n) is 17.3. The van der Waals surface area contributed by atoms with Crippen molar-refractivity contribution in [3.8, 4) is 11.5 Å². The molecular formula is C51H72N4O3. The number of hydrogen-bond donors (Lipinski definition) is 1. The minimum absolute atomic E-state index is 0.0438. The Morgan fingerprint density at radius 3 is 1.76 bits per heavy atom. The number of likely N-dealkylation sites (tertiary alicyclic amines) is 2. The van der Waals surface area contributed by atoms with Gasteiger partial charge in [0.25, 0.3) is 5.91 Å². The Bertz CT molecular complexity index is 1730. The van der Waals surface area contributed by atoms with E-state index in [-0.39, 0.29) is 5.91 Å². The molecule has 2 saturated carbocycles. The number of methoxy groups -OCH3 is 2. The summed E-state index contributed by atoms with van der Waals surface area (Å²) in [4.78, 5) is 21.4. The Labute approximate surface area is 350 Å². The maximum atomic E-state index is 13.9. The summed E-state index contributed by atoms with van der Waals surface area (Å²) >= 11 is 0. The first-order valence-electron chi connectivity index (χ1n) is 22.6. The first kappa shape index (κ1) is 43.7. The minimum Gasteiger partial charge on any atom is -0.493 e. The van der Waals surface area contributed by atoms with Gasteiger partial charge in [0.1, 0.15) is 0 Å². The average molecular weight is 789 g/mol. The van der Waals surface area contributed by atoms with Gasteiger partial charge in [0.05, 0.1) is 14.2 Å². The van der Waals surface area contributed by atoms with Crippen molar-refractivity contribution in [3.63, 3.8) is 0 Å². The lowest BCUT2D eigenvalue weighted by Gasteiger charge is -2.38. The highest BCUT2D eigenvalue weighted by molar-refractivity contribution is 5.95. The van der Waals surface area contributed by atoms with Crippen LogP contribution in [-0.2, 0) is 0 Å². The van der Waals surface area contributed by atoms with Crippen LogP contribution in [0.5, 0.6) is 11.5 Å². The molecule has 4 fully saturated rings. The van der Waals surface area contributed by atoms with Crippen molar-refractivity contribution >= 4 is 18.1 Å². The molecule has 3 aromatic carbocycles. The summed E-state index contributed by atoms with van der Waals surface area (Å²) in [5.74, 6) is 1.26. The normalized spacial score (nSPS) is 21.4. The van der Waals surface area contributed by atoms with Crippen LogP contribution in [0.25, 0.3) is 12.2 Å². The Kier molecular flexibility index (Phi) is 17.3. The molecule has 7 heteroatoms. The molecule has 314 valence electrons. The lowest BCUT2D eigenvalue weighted by molar-refractivity contribution is 0.0671. The van der Waals surface area contributed by atoms with Crippen molar-refractivity contribution < 1.29 is 14.3 Å². The molecule has 0 bridgehead atoms. The molecule has 3 aromatic rings. The van der Waals surface area contributed by atoms with Crippen LogP contribution in [0.4, 0.5) is 0 Å². The van der Waals surface area contributed by atoms with Crippen LogP contribution in [0.1, 0.15) is 125 Å². The van der Waals surface area contributed by atoms with E-state index in [0.29, 0.717) is 35.7 Å². The second kappa shape index (κ2) is 23.0. The lowest BCUT2D eigenvalue weighted by atomic mass is 9.93. The highest BCUT2D eigenvalue weighted by atomic mass is 16.5. The van der Waals surface area contributed by atoms with Crippen LogP contribution >= 0.6 is 0 Å². The van der Waals surface area contributed by atoms with Gasteiger partial charge in [0.2, 0.25) is 0 Å². The predicted molar refractivity (Wildman–Crippen MR) is 242 cm³/mol. The van der Waals surface area contributed by atoms with E-state index in [9.17, 15) is 4.79 Å². The van der Waals surface area contributed by atoms with E-state index in [4.69, 9.17) is 9.47 Å². The first-order chi connectivity index (χ1) is 28.4.